The maximum Gasteiger partial charge on any atom is 0.271 e. The summed E-state index contributed by atoms with van der Waals surface area (Å²) in [6, 6.07) is 6.95. The van der Waals surface area contributed by atoms with Gasteiger partial charge in [-0.3, -0.25) is 10.1 Å². The zero-order valence-corrected chi connectivity index (χ0v) is 10.6. The lowest BCUT2D eigenvalue weighted by Gasteiger charge is -2.33. The zero-order valence-electron chi connectivity index (χ0n) is 10.6. The van der Waals surface area contributed by atoms with E-state index in [1.165, 1.54) is 6.07 Å². The van der Waals surface area contributed by atoms with Gasteiger partial charge in [0.1, 0.15) is 0 Å². The SMILES string of the molecule is CC1CC(Nc2cccc([N+](=O)[O-])c2)CC(C)O1. The summed E-state index contributed by atoms with van der Waals surface area (Å²) < 4.78 is 5.67. The Balaban J connectivity index is 2.04. The number of hydrogen-bond donors (Lipinski definition) is 1. The molecule has 0 radical (unpaired) electrons. The second kappa shape index (κ2) is 5.35. The van der Waals surface area contributed by atoms with Gasteiger partial charge in [-0.25, -0.2) is 0 Å². The second-order valence-corrected chi connectivity index (χ2v) is 4.88. The molecular formula is C13H18N2O3. The van der Waals surface area contributed by atoms with Gasteiger partial charge in [0.25, 0.3) is 5.69 Å². The molecule has 18 heavy (non-hydrogen) atoms. The van der Waals surface area contributed by atoms with E-state index in [1.54, 1.807) is 12.1 Å². The van der Waals surface area contributed by atoms with Crippen molar-refractivity contribution in [2.75, 3.05) is 5.32 Å². The molecule has 98 valence electrons. The van der Waals surface area contributed by atoms with Gasteiger partial charge >= 0.3 is 0 Å². The lowest BCUT2D eigenvalue weighted by Crippen LogP contribution is -2.36. The minimum Gasteiger partial charge on any atom is -0.382 e. The third-order valence-electron chi connectivity index (χ3n) is 3.13. The maximum absolute atomic E-state index is 10.7. The molecule has 1 fully saturated rings. The van der Waals surface area contributed by atoms with Crippen LogP contribution in [0.25, 0.3) is 0 Å². The van der Waals surface area contributed by atoms with Crippen molar-refractivity contribution in [2.24, 2.45) is 0 Å². The summed E-state index contributed by atoms with van der Waals surface area (Å²) in [5, 5.41) is 14.1. The van der Waals surface area contributed by atoms with Crippen molar-refractivity contribution in [3.8, 4) is 0 Å². The van der Waals surface area contributed by atoms with Crippen LogP contribution in [0.2, 0.25) is 0 Å². The predicted molar refractivity (Wildman–Crippen MR) is 69.8 cm³/mol. The number of non-ortho nitro benzene ring substituents is 1. The van der Waals surface area contributed by atoms with Crippen molar-refractivity contribution in [1.29, 1.82) is 0 Å². The summed E-state index contributed by atoms with van der Waals surface area (Å²) in [5.74, 6) is 0. The fourth-order valence-electron chi connectivity index (χ4n) is 2.47. The Hall–Kier alpha value is -1.62. The Labute approximate surface area is 106 Å². The minimum absolute atomic E-state index is 0.119. The highest BCUT2D eigenvalue weighted by Gasteiger charge is 2.24. The number of rotatable bonds is 3. The Bertz CT molecular complexity index is 426. The molecule has 0 aromatic heterocycles. The lowest BCUT2D eigenvalue weighted by molar-refractivity contribution is -0.384. The highest BCUT2D eigenvalue weighted by Crippen LogP contribution is 2.24. The average Bonchev–Trinajstić information content (AvgIpc) is 2.27. The molecule has 2 rings (SSSR count). The van der Waals surface area contributed by atoms with Gasteiger partial charge in [-0.1, -0.05) is 6.07 Å². The van der Waals surface area contributed by atoms with E-state index < -0.39 is 0 Å². The van der Waals surface area contributed by atoms with Crippen molar-refractivity contribution in [2.45, 2.75) is 44.9 Å². The van der Waals surface area contributed by atoms with E-state index in [0.29, 0.717) is 6.04 Å². The van der Waals surface area contributed by atoms with Crippen LogP contribution in [0, 0.1) is 10.1 Å². The highest BCUT2D eigenvalue weighted by molar-refractivity contribution is 5.51. The maximum atomic E-state index is 10.7. The fourth-order valence-corrected chi connectivity index (χ4v) is 2.47. The van der Waals surface area contributed by atoms with Crippen LogP contribution < -0.4 is 5.32 Å². The van der Waals surface area contributed by atoms with Crippen molar-refractivity contribution in [1.82, 2.24) is 0 Å². The third-order valence-corrected chi connectivity index (χ3v) is 3.13. The first-order valence-electron chi connectivity index (χ1n) is 6.21. The quantitative estimate of drug-likeness (QED) is 0.661. The molecule has 2 atom stereocenters. The Kier molecular flexibility index (Phi) is 3.81. The first kappa shape index (κ1) is 12.8. The van der Waals surface area contributed by atoms with Crippen molar-refractivity contribution >= 4 is 11.4 Å². The number of nitrogens with one attached hydrogen (secondary N) is 1. The molecule has 1 aliphatic heterocycles. The number of ether oxygens (including phenoxy) is 1. The Morgan fingerprint density at radius 2 is 2.00 bits per heavy atom. The number of nitro benzene ring substituents is 1. The zero-order chi connectivity index (χ0) is 13.1. The number of anilines is 1. The van der Waals surface area contributed by atoms with Crippen LogP contribution in [-0.4, -0.2) is 23.2 Å². The number of benzene rings is 1. The summed E-state index contributed by atoms with van der Waals surface area (Å²) in [6.45, 7) is 4.11. The van der Waals surface area contributed by atoms with Crippen LogP contribution >= 0.6 is 0 Å². The molecule has 1 aromatic rings. The number of nitro groups is 1. The van der Waals surface area contributed by atoms with Crippen LogP contribution in [0.1, 0.15) is 26.7 Å². The summed E-state index contributed by atoms with van der Waals surface area (Å²) >= 11 is 0. The van der Waals surface area contributed by atoms with E-state index in [-0.39, 0.29) is 22.8 Å². The average molecular weight is 250 g/mol. The molecule has 2 unspecified atom stereocenters. The van der Waals surface area contributed by atoms with Crippen LogP contribution in [-0.2, 0) is 4.74 Å². The number of hydrogen-bond acceptors (Lipinski definition) is 4. The van der Waals surface area contributed by atoms with E-state index in [1.807, 2.05) is 6.07 Å². The first-order chi connectivity index (χ1) is 8.54. The Morgan fingerprint density at radius 3 is 2.61 bits per heavy atom. The summed E-state index contributed by atoms with van der Waals surface area (Å²) in [4.78, 5) is 10.3. The standard InChI is InChI=1S/C13H18N2O3/c1-9-6-12(7-10(2)18-9)14-11-4-3-5-13(8-11)15(16)17/h3-5,8-10,12,14H,6-7H2,1-2H3. The van der Waals surface area contributed by atoms with Crippen LogP contribution in [0.5, 0.6) is 0 Å². The van der Waals surface area contributed by atoms with Crippen molar-refractivity contribution in [3.63, 3.8) is 0 Å². The number of nitrogens with zero attached hydrogens (tertiary/aromatic N) is 1. The molecule has 0 aliphatic carbocycles. The van der Waals surface area contributed by atoms with E-state index >= 15 is 0 Å². The van der Waals surface area contributed by atoms with Gasteiger partial charge < -0.3 is 10.1 Å². The highest BCUT2D eigenvalue weighted by atomic mass is 16.6. The van der Waals surface area contributed by atoms with Crippen LogP contribution in [0.3, 0.4) is 0 Å². The van der Waals surface area contributed by atoms with Crippen molar-refractivity contribution < 1.29 is 9.66 Å². The van der Waals surface area contributed by atoms with Gasteiger partial charge in [0.05, 0.1) is 17.1 Å². The van der Waals surface area contributed by atoms with Gasteiger partial charge in [-0.2, -0.15) is 0 Å². The van der Waals surface area contributed by atoms with Crippen LogP contribution in [0.4, 0.5) is 11.4 Å². The smallest absolute Gasteiger partial charge is 0.271 e. The first-order valence-corrected chi connectivity index (χ1v) is 6.21. The van der Waals surface area contributed by atoms with Crippen molar-refractivity contribution in [3.05, 3.63) is 34.4 Å². The fraction of sp³-hybridized carbons (Fsp3) is 0.538. The molecule has 1 heterocycles. The third kappa shape index (κ3) is 3.20. The molecule has 0 spiro atoms. The summed E-state index contributed by atoms with van der Waals surface area (Å²) in [7, 11) is 0. The molecule has 0 bridgehead atoms. The second-order valence-electron chi connectivity index (χ2n) is 4.88. The lowest BCUT2D eigenvalue weighted by atomic mass is 9.99. The summed E-state index contributed by atoms with van der Waals surface area (Å²) in [5.41, 5.74) is 0.920. The molecule has 1 saturated heterocycles. The molecular weight excluding hydrogens is 232 g/mol. The van der Waals surface area contributed by atoms with Gasteiger partial charge in [0, 0.05) is 23.9 Å². The molecule has 1 aromatic carbocycles. The van der Waals surface area contributed by atoms with E-state index in [2.05, 4.69) is 19.2 Å². The largest absolute Gasteiger partial charge is 0.382 e. The molecule has 1 aliphatic rings. The van der Waals surface area contributed by atoms with Gasteiger partial charge in [0.15, 0.2) is 0 Å². The molecule has 0 saturated carbocycles. The minimum atomic E-state index is -0.375. The van der Waals surface area contributed by atoms with Gasteiger partial charge in [-0.05, 0) is 32.8 Å². The van der Waals surface area contributed by atoms with Gasteiger partial charge in [0.2, 0.25) is 0 Å². The molecule has 5 nitrogen and oxygen atoms in total. The van der Waals surface area contributed by atoms with E-state index in [9.17, 15) is 10.1 Å². The molecule has 0 amide bonds. The monoisotopic (exact) mass is 250 g/mol. The molecule has 1 N–H and O–H groups in total. The van der Waals surface area contributed by atoms with Gasteiger partial charge in [-0.15, -0.1) is 0 Å². The predicted octanol–water partition coefficient (Wildman–Crippen LogP) is 2.96. The van der Waals surface area contributed by atoms with E-state index in [0.717, 1.165) is 18.5 Å². The van der Waals surface area contributed by atoms with E-state index in [4.69, 9.17) is 4.74 Å². The van der Waals surface area contributed by atoms with Crippen LogP contribution in [0.15, 0.2) is 24.3 Å². The molecule has 5 heteroatoms. The normalized spacial score (nSPS) is 27.8. The Morgan fingerprint density at radius 1 is 1.33 bits per heavy atom. The summed E-state index contributed by atoms with van der Waals surface area (Å²) in [6.07, 6.45) is 2.30. The topological polar surface area (TPSA) is 64.4 Å².